The number of β-lactam (4-membered cyclic amide) rings is 1. The Morgan fingerprint density at radius 1 is 1.40 bits per heavy atom. The number of carbonyl (C=O) groups excluding carboxylic acids is 2. The second-order valence-electron chi connectivity index (χ2n) is 5.42. The van der Waals surface area contributed by atoms with Gasteiger partial charge in [0.1, 0.15) is 29.2 Å². The van der Waals surface area contributed by atoms with Gasteiger partial charge in [-0.15, -0.1) is 0 Å². The molecule has 10 heteroatoms. The Bertz CT molecular complexity index is 750. The molecule has 0 saturated carbocycles. The van der Waals surface area contributed by atoms with Crippen LogP contribution in [0.15, 0.2) is 36.0 Å². The van der Waals surface area contributed by atoms with Gasteiger partial charge in [-0.3, -0.25) is 19.8 Å². The van der Waals surface area contributed by atoms with Gasteiger partial charge >= 0.3 is 5.97 Å². The predicted molar refractivity (Wildman–Crippen MR) is 88.0 cm³/mol. The number of carbonyl (C=O) groups is 2. The van der Waals surface area contributed by atoms with Crippen molar-refractivity contribution >= 4 is 29.3 Å². The van der Waals surface area contributed by atoms with Crippen LogP contribution in [0.1, 0.15) is 5.56 Å². The van der Waals surface area contributed by atoms with Crippen molar-refractivity contribution in [3.63, 3.8) is 0 Å². The van der Waals surface area contributed by atoms with Crippen LogP contribution in [0, 0.1) is 10.1 Å². The first kappa shape index (κ1) is 17.4. The first-order valence-electron chi connectivity index (χ1n) is 7.31. The number of rotatable bonds is 5. The number of nitrogens with two attached hydrogens (primary N) is 1. The van der Waals surface area contributed by atoms with Crippen molar-refractivity contribution in [2.24, 2.45) is 5.73 Å². The molecule has 1 fully saturated rings. The number of non-ortho nitro benzene ring substituents is 1. The maximum absolute atomic E-state index is 12.4. The highest BCUT2D eigenvalue weighted by atomic mass is 32.2. The molecule has 2 aliphatic rings. The summed E-state index contributed by atoms with van der Waals surface area (Å²) in [7, 11) is 1.50. The van der Waals surface area contributed by atoms with E-state index >= 15 is 0 Å². The highest BCUT2D eigenvalue weighted by molar-refractivity contribution is 8.00. The number of ether oxygens (including phenoxy) is 2. The van der Waals surface area contributed by atoms with Crippen LogP contribution in [-0.4, -0.2) is 45.7 Å². The summed E-state index contributed by atoms with van der Waals surface area (Å²) in [6, 6.07) is 4.99. The van der Waals surface area contributed by atoms with E-state index < -0.39 is 22.4 Å². The number of amides is 1. The zero-order valence-corrected chi connectivity index (χ0v) is 14.0. The largest absolute Gasteiger partial charge is 0.456 e. The summed E-state index contributed by atoms with van der Waals surface area (Å²) in [5.74, 6) is -1.02. The van der Waals surface area contributed by atoms with E-state index in [-0.39, 0.29) is 29.3 Å². The SMILES string of the molecule is COC1C=C(C(=O)OCc2ccc([N+](=O)[O-])cc2)N2C(=O)C(N)[C@H]2S1. The van der Waals surface area contributed by atoms with Gasteiger partial charge in [-0.1, -0.05) is 11.8 Å². The van der Waals surface area contributed by atoms with E-state index in [4.69, 9.17) is 15.2 Å². The van der Waals surface area contributed by atoms with E-state index in [0.717, 1.165) is 0 Å². The lowest BCUT2D eigenvalue weighted by Gasteiger charge is -2.48. The molecule has 0 aromatic heterocycles. The number of nitro groups is 1. The second kappa shape index (κ2) is 6.82. The van der Waals surface area contributed by atoms with Gasteiger partial charge in [0.25, 0.3) is 5.69 Å². The Kier molecular flexibility index (Phi) is 4.75. The molecule has 0 aliphatic carbocycles. The molecule has 0 bridgehead atoms. The topological polar surface area (TPSA) is 125 Å². The molecule has 25 heavy (non-hydrogen) atoms. The summed E-state index contributed by atoms with van der Waals surface area (Å²) in [5, 5.41) is 10.3. The lowest BCUT2D eigenvalue weighted by atomic mass is 10.1. The molecule has 2 aliphatic heterocycles. The molecule has 0 radical (unpaired) electrons. The van der Waals surface area contributed by atoms with Crippen LogP contribution in [0.25, 0.3) is 0 Å². The molecule has 2 unspecified atom stereocenters. The Hall–Kier alpha value is -2.43. The summed E-state index contributed by atoms with van der Waals surface area (Å²) in [4.78, 5) is 35.7. The molecule has 1 aromatic rings. The highest BCUT2D eigenvalue weighted by Crippen LogP contribution is 2.40. The molecule has 3 rings (SSSR count). The third kappa shape index (κ3) is 3.23. The van der Waals surface area contributed by atoms with Crippen LogP contribution in [-0.2, 0) is 25.7 Å². The Morgan fingerprint density at radius 2 is 2.08 bits per heavy atom. The van der Waals surface area contributed by atoms with Gasteiger partial charge < -0.3 is 15.2 Å². The third-order valence-electron chi connectivity index (χ3n) is 3.87. The zero-order chi connectivity index (χ0) is 18.1. The van der Waals surface area contributed by atoms with Gasteiger partial charge in [0.15, 0.2) is 0 Å². The average Bonchev–Trinajstić information content (AvgIpc) is 2.64. The maximum Gasteiger partial charge on any atom is 0.355 e. The van der Waals surface area contributed by atoms with Gasteiger partial charge in [0, 0.05) is 19.2 Å². The van der Waals surface area contributed by atoms with E-state index in [1.54, 1.807) is 0 Å². The minimum absolute atomic E-state index is 0.0481. The van der Waals surface area contributed by atoms with E-state index in [9.17, 15) is 19.7 Å². The summed E-state index contributed by atoms with van der Waals surface area (Å²) >= 11 is 1.34. The molecule has 2 heterocycles. The number of nitrogens with zero attached hydrogens (tertiary/aromatic N) is 2. The predicted octanol–water partition coefficient (Wildman–Crippen LogP) is 0.737. The number of methoxy groups -OCH3 is 1. The number of esters is 1. The molecule has 1 saturated heterocycles. The zero-order valence-electron chi connectivity index (χ0n) is 13.2. The fourth-order valence-electron chi connectivity index (χ4n) is 2.50. The van der Waals surface area contributed by atoms with Gasteiger partial charge in [-0.25, -0.2) is 4.79 Å². The molecule has 2 N–H and O–H groups in total. The summed E-state index contributed by atoms with van der Waals surface area (Å²) in [6.45, 7) is -0.0717. The fourth-order valence-corrected chi connectivity index (χ4v) is 3.72. The summed E-state index contributed by atoms with van der Waals surface area (Å²) in [6.07, 6.45) is 1.52. The van der Waals surface area contributed by atoms with Crippen molar-refractivity contribution < 1.29 is 24.0 Å². The van der Waals surface area contributed by atoms with Gasteiger partial charge in [-0.2, -0.15) is 0 Å². The number of hydrogen-bond donors (Lipinski definition) is 1. The molecule has 1 aromatic carbocycles. The van der Waals surface area contributed by atoms with Crippen LogP contribution in [0.2, 0.25) is 0 Å². The standard InChI is InChI=1S/C15H15N3O6S/c1-23-11-6-10(17-13(19)12(16)14(17)25-11)15(20)24-7-8-2-4-9(5-3-8)18(21)22/h2-6,11-12,14H,7,16H2,1H3/t11?,12?,14-/m1/s1. The monoisotopic (exact) mass is 365 g/mol. The van der Waals surface area contributed by atoms with Crippen molar-refractivity contribution in [1.82, 2.24) is 4.90 Å². The van der Waals surface area contributed by atoms with Gasteiger partial charge in [0.2, 0.25) is 5.91 Å². The van der Waals surface area contributed by atoms with Crippen molar-refractivity contribution in [2.75, 3.05) is 7.11 Å². The second-order valence-corrected chi connectivity index (χ2v) is 6.64. The Labute approximate surface area is 146 Å². The van der Waals surface area contributed by atoms with Crippen LogP contribution >= 0.6 is 11.8 Å². The van der Waals surface area contributed by atoms with Crippen molar-refractivity contribution in [3.8, 4) is 0 Å². The van der Waals surface area contributed by atoms with Gasteiger partial charge in [-0.05, 0) is 23.8 Å². The Morgan fingerprint density at radius 3 is 2.68 bits per heavy atom. The number of hydrogen-bond acceptors (Lipinski definition) is 8. The van der Waals surface area contributed by atoms with Crippen molar-refractivity contribution in [2.45, 2.75) is 23.5 Å². The normalized spacial score (nSPS) is 24.9. The quantitative estimate of drug-likeness (QED) is 0.350. The van der Waals surface area contributed by atoms with E-state index in [2.05, 4.69) is 0 Å². The molecular weight excluding hydrogens is 350 g/mol. The van der Waals surface area contributed by atoms with Crippen molar-refractivity contribution in [3.05, 3.63) is 51.7 Å². The average molecular weight is 365 g/mol. The first-order valence-corrected chi connectivity index (χ1v) is 8.26. The minimum Gasteiger partial charge on any atom is -0.456 e. The van der Waals surface area contributed by atoms with Crippen molar-refractivity contribution in [1.29, 1.82) is 0 Å². The first-order chi connectivity index (χ1) is 11.9. The van der Waals surface area contributed by atoms with E-state index in [1.165, 1.54) is 54.1 Å². The molecule has 3 atom stereocenters. The van der Waals surface area contributed by atoms with Gasteiger partial charge in [0.05, 0.1) is 4.92 Å². The summed E-state index contributed by atoms with van der Waals surface area (Å²) in [5.41, 5.74) is 6.00. The van der Waals surface area contributed by atoms with Crippen LogP contribution < -0.4 is 5.73 Å². The molecule has 132 valence electrons. The summed E-state index contributed by atoms with van der Waals surface area (Å²) < 4.78 is 10.4. The lowest BCUT2D eigenvalue weighted by Crippen LogP contribution is -2.68. The molecule has 0 spiro atoms. The number of nitro benzene ring substituents is 1. The molecular formula is C15H15N3O6S. The maximum atomic E-state index is 12.4. The number of benzene rings is 1. The lowest BCUT2D eigenvalue weighted by molar-refractivity contribution is -0.384. The third-order valence-corrected chi connectivity index (χ3v) is 5.25. The van der Waals surface area contributed by atoms with Crippen LogP contribution in [0.3, 0.4) is 0 Å². The van der Waals surface area contributed by atoms with Crippen LogP contribution in [0.4, 0.5) is 5.69 Å². The van der Waals surface area contributed by atoms with Crippen LogP contribution in [0.5, 0.6) is 0 Å². The minimum atomic E-state index is -0.675. The molecule has 1 amide bonds. The van der Waals surface area contributed by atoms with E-state index in [1.807, 2.05) is 0 Å². The fraction of sp³-hybridized carbons (Fsp3) is 0.333. The Balaban J connectivity index is 1.68. The van der Waals surface area contributed by atoms with E-state index in [0.29, 0.717) is 5.56 Å². The highest BCUT2D eigenvalue weighted by Gasteiger charge is 2.52. The smallest absolute Gasteiger partial charge is 0.355 e. The molecule has 9 nitrogen and oxygen atoms in total. The number of thioether (sulfide) groups is 1. The number of fused-ring (bicyclic) bond motifs is 1.